The molecule has 0 bridgehead atoms. The summed E-state index contributed by atoms with van der Waals surface area (Å²) in [5.74, 6) is -1.35. The molecular weight excluding hydrogens is 329 g/mol. The lowest BCUT2D eigenvalue weighted by Gasteiger charge is -2.10. The lowest BCUT2D eigenvalue weighted by atomic mass is 10.3. The van der Waals surface area contributed by atoms with Gasteiger partial charge >= 0.3 is 12.1 Å². The van der Waals surface area contributed by atoms with E-state index >= 15 is 0 Å². The molecule has 1 aromatic carbocycles. The maximum absolute atomic E-state index is 12.4. The van der Waals surface area contributed by atoms with E-state index in [0.29, 0.717) is 16.1 Å². The summed E-state index contributed by atoms with van der Waals surface area (Å²) in [5.41, 5.74) is 0.828. The predicted molar refractivity (Wildman–Crippen MR) is 73.8 cm³/mol. The molecule has 21 heavy (non-hydrogen) atoms. The molecule has 0 aliphatic heterocycles. The SMILES string of the molecule is O=C(O)CSc1nc2c(Cl)cccc2n1CCC(F)(F)F. The number of hydrogen-bond acceptors (Lipinski definition) is 3. The van der Waals surface area contributed by atoms with Crippen LogP contribution in [0.1, 0.15) is 6.42 Å². The molecule has 114 valence electrons. The fourth-order valence-electron chi connectivity index (χ4n) is 1.78. The van der Waals surface area contributed by atoms with E-state index in [1.165, 1.54) is 4.57 Å². The molecule has 9 heteroatoms. The van der Waals surface area contributed by atoms with Crippen LogP contribution in [0.25, 0.3) is 11.0 Å². The molecule has 0 amide bonds. The molecule has 0 saturated heterocycles. The van der Waals surface area contributed by atoms with E-state index in [1.807, 2.05) is 0 Å². The smallest absolute Gasteiger partial charge is 0.390 e. The molecule has 0 fully saturated rings. The molecule has 0 atom stereocenters. The van der Waals surface area contributed by atoms with Crippen molar-refractivity contribution in [2.75, 3.05) is 5.75 Å². The standard InChI is InChI=1S/C12H10ClF3N2O2S/c13-7-2-1-3-8-10(7)17-11(21-6-9(19)20)18(8)5-4-12(14,15)16/h1-3H,4-6H2,(H,19,20). The molecule has 1 N–H and O–H groups in total. The number of carboxylic acids is 1. The van der Waals surface area contributed by atoms with Gasteiger partial charge in [0.05, 0.1) is 22.7 Å². The van der Waals surface area contributed by atoms with Crippen LogP contribution in [-0.2, 0) is 11.3 Å². The van der Waals surface area contributed by atoms with Crippen molar-refractivity contribution in [2.24, 2.45) is 0 Å². The summed E-state index contributed by atoms with van der Waals surface area (Å²) in [6, 6.07) is 4.80. The van der Waals surface area contributed by atoms with E-state index in [9.17, 15) is 18.0 Å². The van der Waals surface area contributed by atoms with Crippen LogP contribution < -0.4 is 0 Å². The van der Waals surface area contributed by atoms with Gasteiger partial charge in [0.25, 0.3) is 0 Å². The molecule has 0 aliphatic carbocycles. The maximum Gasteiger partial charge on any atom is 0.390 e. The largest absolute Gasteiger partial charge is 0.481 e. The lowest BCUT2D eigenvalue weighted by Crippen LogP contribution is -2.13. The van der Waals surface area contributed by atoms with E-state index in [0.717, 1.165) is 11.8 Å². The first-order valence-corrected chi connectivity index (χ1v) is 7.20. The van der Waals surface area contributed by atoms with Crippen LogP contribution in [0.2, 0.25) is 5.02 Å². The monoisotopic (exact) mass is 338 g/mol. The van der Waals surface area contributed by atoms with Crippen LogP contribution in [-0.4, -0.2) is 32.6 Å². The fraction of sp³-hybridized carbons (Fsp3) is 0.333. The van der Waals surface area contributed by atoms with Crippen molar-refractivity contribution in [3.05, 3.63) is 23.2 Å². The third-order valence-corrected chi connectivity index (χ3v) is 3.90. The number of fused-ring (bicyclic) bond motifs is 1. The van der Waals surface area contributed by atoms with Gasteiger partial charge in [0, 0.05) is 6.54 Å². The number of nitrogens with zero attached hydrogens (tertiary/aromatic N) is 2. The molecule has 4 nitrogen and oxygen atoms in total. The summed E-state index contributed by atoms with van der Waals surface area (Å²) >= 11 is 6.84. The topological polar surface area (TPSA) is 55.1 Å². The molecule has 1 aromatic heterocycles. The summed E-state index contributed by atoms with van der Waals surface area (Å²) in [6.45, 7) is -0.331. The average Bonchev–Trinajstić information content (AvgIpc) is 2.72. The van der Waals surface area contributed by atoms with Gasteiger partial charge < -0.3 is 9.67 Å². The van der Waals surface area contributed by atoms with E-state index < -0.39 is 18.6 Å². The number of halogens is 4. The minimum Gasteiger partial charge on any atom is -0.481 e. The van der Waals surface area contributed by atoms with E-state index in [2.05, 4.69) is 4.98 Å². The number of benzene rings is 1. The quantitative estimate of drug-likeness (QED) is 0.842. The molecule has 2 rings (SSSR count). The number of carbonyl (C=O) groups is 1. The first-order valence-electron chi connectivity index (χ1n) is 5.84. The fourth-order valence-corrected chi connectivity index (χ4v) is 2.75. The lowest BCUT2D eigenvalue weighted by molar-refractivity contribution is -0.137. The highest BCUT2D eigenvalue weighted by atomic mass is 35.5. The zero-order chi connectivity index (χ0) is 15.6. The van der Waals surface area contributed by atoms with Crippen molar-refractivity contribution in [3.63, 3.8) is 0 Å². The van der Waals surface area contributed by atoms with Crippen molar-refractivity contribution >= 4 is 40.4 Å². The predicted octanol–water partition coefficient (Wildman–Crippen LogP) is 3.82. The Balaban J connectivity index is 2.39. The Morgan fingerprint density at radius 3 is 2.76 bits per heavy atom. The summed E-state index contributed by atoms with van der Waals surface area (Å²) in [7, 11) is 0. The van der Waals surface area contributed by atoms with Gasteiger partial charge in [-0.1, -0.05) is 29.4 Å². The van der Waals surface area contributed by atoms with Gasteiger partial charge in [-0.05, 0) is 12.1 Å². The van der Waals surface area contributed by atoms with Crippen LogP contribution in [0.4, 0.5) is 13.2 Å². The van der Waals surface area contributed by atoms with Crippen molar-refractivity contribution in [3.8, 4) is 0 Å². The van der Waals surface area contributed by atoms with Crippen LogP contribution in [0, 0.1) is 0 Å². The highest BCUT2D eigenvalue weighted by molar-refractivity contribution is 7.99. The first-order chi connectivity index (χ1) is 9.78. The van der Waals surface area contributed by atoms with Gasteiger partial charge in [0.15, 0.2) is 5.16 Å². The first kappa shape index (κ1) is 16.0. The second kappa shape index (κ2) is 6.15. The minimum atomic E-state index is -4.30. The second-order valence-electron chi connectivity index (χ2n) is 4.20. The molecule has 0 unspecified atom stereocenters. The van der Waals surface area contributed by atoms with E-state index in [4.69, 9.17) is 16.7 Å². The molecule has 0 radical (unpaired) electrons. The molecule has 0 saturated carbocycles. The Morgan fingerprint density at radius 1 is 1.43 bits per heavy atom. The Labute approximate surface area is 126 Å². The normalized spacial score (nSPS) is 12.0. The molecule has 2 aromatic rings. The summed E-state index contributed by atoms with van der Waals surface area (Å²) in [5, 5.41) is 9.22. The average molecular weight is 339 g/mol. The highest BCUT2D eigenvalue weighted by Crippen LogP contribution is 2.30. The van der Waals surface area contributed by atoms with Crippen LogP contribution >= 0.6 is 23.4 Å². The second-order valence-corrected chi connectivity index (χ2v) is 5.55. The number of thioether (sulfide) groups is 1. The number of carboxylic acid groups (broad SMARTS) is 1. The number of para-hydroxylation sites is 1. The van der Waals surface area contributed by atoms with Gasteiger partial charge in [-0.25, -0.2) is 4.98 Å². The number of aliphatic carboxylic acids is 1. The zero-order valence-electron chi connectivity index (χ0n) is 10.5. The number of aryl methyl sites for hydroxylation is 1. The molecule has 0 spiro atoms. The number of rotatable bonds is 5. The minimum absolute atomic E-state index is 0.213. The Morgan fingerprint density at radius 2 is 2.14 bits per heavy atom. The molecular formula is C12H10ClF3N2O2S. The molecule has 1 heterocycles. The van der Waals surface area contributed by atoms with E-state index in [1.54, 1.807) is 18.2 Å². The van der Waals surface area contributed by atoms with Crippen molar-refractivity contribution in [1.82, 2.24) is 9.55 Å². The Kier molecular flexibility index (Phi) is 4.67. The summed E-state index contributed by atoms with van der Waals surface area (Å²) in [4.78, 5) is 14.8. The van der Waals surface area contributed by atoms with Crippen molar-refractivity contribution in [2.45, 2.75) is 24.3 Å². The number of imidazole rings is 1. The number of alkyl halides is 3. The summed E-state index contributed by atoms with van der Waals surface area (Å²) in [6.07, 6.45) is -5.32. The van der Waals surface area contributed by atoms with Crippen LogP contribution in [0.3, 0.4) is 0 Å². The highest BCUT2D eigenvalue weighted by Gasteiger charge is 2.28. The van der Waals surface area contributed by atoms with Gasteiger partial charge in [-0.2, -0.15) is 13.2 Å². The Hall–Kier alpha value is -1.41. The zero-order valence-corrected chi connectivity index (χ0v) is 12.1. The molecule has 0 aliphatic rings. The van der Waals surface area contributed by atoms with Gasteiger partial charge in [0.1, 0.15) is 5.52 Å². The van der Waals surface area contributed by atoms with Crippen molar-refractivity contribution in [1.29, 1.82) is 0 Å². The number of aromatic nitrogens is 2. The van der Waals surface area contributed by atoms with Gasteiger partial charge in [0.2, 0.25) is 0 Å². The van der Waals surface area contributed by atoms with Crippen molar-refractivity contribution < 1.29 is 23.1 Å². The van der Waals surface area contributed by atoms with Gasteiger partial charge in [-0.15, -0.1) is 0 Å². The van der Waals surface area contributed by atoms with Gasteiger partial charge in [-0.3, -0.25) is 4.79 Å². The Bertz CT molecular complexity index is 672. The third kappa shape index (κ3) is 4.04. The maximum atomic E-state index is 12.4. The summed E-state index contributed by atoms with van der Waals surface area (Å²) < 4.78 is 38.6. The number of hydrogen-bond donors (Lipinski definition) is 1. The van der Waals surface area contributed by atoms with Crippen LogP contribution in [0.15, 0.2) is 23.4 Å². The van der Waals surface area contributed by atoms with Crippen LogP contribution in [0.5, 0.6) is 0 Å². The third-order valence-electron chi connectivity index (χ3n) is 2.64. The van der Waals surface area contributed by atoms with E-state index in [-0.39, 0.29) is 17.5 Å².